The van der Waals surface area contributed by atoms with Crippen molar-refractivity contribution >= 4 is 17.0 Å². The molecular weight excluding hydrogens is 470 g/mol. The van der Waals surface area contributed by atoms with Crippen molar-refractivity contribution in [1.82, 2.24) is 15.1 Å². The molecule has 3 aromatic rings. The Hall–Kier alpha value is -3.26. The number of phenolic OH excluding ortho intramolecular Hbond substituents is 1. The molecule has 1 aliphatic heterocycles. The Morgan fingerprint density at radius 1 is 1.05 bits per heavy atom. The maximum atomic E-state index is 12.2. The summed E-state index contributed by atoms with van der Waals surface area (Å²) in [5.74, 6) is 1.03. The van der Waals surface area contributed by atoms with E-state index in [0.717, 1.165) is 79.3 Å². The van der Waals surface area contributed by atoms with Gasteiger partial charge in [-0.25, -0.2) is 9.48 Å². The molecule has 0 radical (unpaired) electrons. The van der Waals surface area contributed by atoms with Gasteiger partial charge in [-0.2, -0.15) is 5.10 Å². The zero-order chi connectivity index (χ0) is 26.0. The van der Waals surface area contributed by atoms with Gasteiger partial charge in [0.05, 0.1) is 23.2 Å². The number of nitrogens with zero attached hydrogens (tertiary/aromatic N) is 2. The van der Waals surface area contributed by atoms with Crippen LogP contribution in [-0.4, -0.2) is 45.3 Å². The Kier molecular flexibility index (Phi) is 7.29. The number of nitrogens with one attached hydrogen (secondary N) is 1. The van der Waals surface area contributed by atoms with Gasteiger partial charge in [0.15, 0.2) is 6.23 Å². The van der Waals surface area contributed by atoms with Crippen LogP contribution < -0.4 is 10.1 Å². The second-order valence-electron chi connectivity index (χ2n) is 11.1. The van der Waals surface area contributed by atoms with Crippen molar-refractivity contribution in [2.24, 2.45) is 0 Å². The fraction of sp³-hybridized carbons (Fsp3) is 0.517. The smallest absolute Gasteiger partial charge is 0.407 e. The highest BCUT2D eigenvalue weighted by atomic mass is 16.6. The first-order valence-electron chi connectivity index (χ1n) is 13.3. The average Bonchev–Trinajstić information content (AvgIpc) is 3.29. The monoisotopic (exact) mass is 507 g/mol. The Labute approximate surface area is 217 Å². The lowest BCUT2D eigenvalue weighted by molar-refractivity contribution is -0.0366. The number of ether oxygens (including phenoxy) is 3. The summed E-state index contributed by atoms with van der Waals surface area (Å²) in [6.07, 6.45) is 7.95. The van der Waals surface area contributed by atoms with Gasteiger partial charge in [0.1, 0.15) is 17.1 Å². The number of carbonyl (C=O) groups excluding carboxylic acids is 1. The summed E-state index contributed by atoms with van der Waals surface area (Å²) in [5, 5.41) is 18.4. The van der Waals surface area contributed by atoms with Crippen LogP contribution in [0.25, 0.3) is 22.0 Å². The maximum absolute atomic E-state index is 12.2. The molecule has 1 saturated heterocycles. The van der Waals surface area contributed by atoms with E-state index < -0.39 is 5.60 Å². The minimum absolute atomic E-state index is 0.0456. The zero-order valence-electron chi connectivity index (χ0n) is 21.9. The number of rotatable bonds is 5. The van der Waals surface area contributed by atoms with Gasteiger partial charge >= 0.3 is 6.09 Å². The number of hydrogen-bond acceptors (Lipinski definition) is 6. The quantitative estimate of drug-likeness (QED) is 0.419. The van der Waals surface area contributed by atoms with Crippen LogP contribution in [0.5, 0.6) is 11.5 Å². The number of carbonyl (C=O) groups is 1. The minimum Gasteiger partial charge on any atom is -0.508 e. The van der Waals surface area contributed by atoms with E-state index in [1.54, 1.807) is 12.1 Å². The molecule has 0 spiro atoms. The maximum Gasteiger partial charge on any atom is 0.407 e. The van der Waals surface area contributed by atoms with E-state index in [1.165, 1.54) is 0 Å². The van der Waals surface area contributed by atoms with Crippen molar-refractivity contribution in [1.29, 1.82) is 0 Å². The molecule has 1 unspecified atom stereocenters. The van der Waals surface area contributed by atoms with Gasteiger partial charge in [0.25, 0.3) is 0 Å². The van der Waals surface area contributed by atoms with E-state index in [9.17, 15) is 9.90 Å². The van der Waals surface area contributed by atoms with Crippen molar-refractivity contribution in [3.8, 4) is 22.6 Å². The molecule has 8 heteroatoms. The number of alkyl carbamates (subject to hydrolysis) is 1. The van der Waals surface area contributed by atoms with Crippen LogP contribution in [0.2, 0.25) is 0 Å². The fourth-order valence-electron chi connectivity index (χ4n) is 5.16. The first-order chi connectivity index (χ1) is 17.7. The van der Waals surface area contributed by atoms with E-state index in [1.807, 2.05) is 43.8 Å². The van der Waals surface area contributed by atoms with Crippen molar-refractivity contribution in [3.63, 3.8) is 0 Å². The lowest BCUT2D eigenvalue weighted by atomic mass is 9.93. The Bertz CT molecular complexity index is 1220. The number of aromatic hydroxyl groups is 1. The summed E-state index contributed by atoms with van der Waals surface area (Å²) < 4.78 is 20.0. The lowest BCUT2D eigenvalue weighted by Gasteiger charge is -2.30. The van der Waals surface area contributed by atoms with Crippen molar-refractivity contribution in [2.75, 3.05) is 6.61 Å². The third-order valence-corrected chi connectivity index (χ3v) is 7.00. The summed E-state index contributed by atoms with van der Waals surface area (Å²) in [7, 11) is 0. The van der Waals surface area contributed by atoms with Gasteiger partial charge in [0.2, 0.25) is 0 Å². The normalized spacial score (nSPS) is 22.5. The molecule has 1 saturated carbocycles. The molecule has 1 aromatic heterocycles. The van der Waals surface area contributed by atoms with E-state index >= 15 is 0 Å². The molecule has 2 fully saturated rings. The number of phenols is 1. The van der Waals surface area contributed by atoms with Crippen molar-refractivity contribution in [3.05, 3.63) is 42.6 Å². The predicted octanol–water partition coefficient (Wildman–Crippen LogP) is 6.32. The van der Waals surface area contributed by atoms with Crippen LogP contribution in [0.15, 0.2) is 42.6 Å². The summed E-state index contributed by atoms with van der Waals surface area (Å²) in [5.41, 5.74) is 2.46. The Morgan fingerprint density at radius 3 is 2.49 bits per heavy atom. The van der Waals surface area contributed by atoms with Gasteiger partial charge in [-0.05, 0) is 101 Å². The van der Waals surface area contributed by atoms with E-state index in [4.69, 9.17) is 19.3 Å². The molecule has 2 aliphatic rings. The highest BCUT2D eigenvalue weighted by molar-refractivity contribution is 5.90. The summed E-state index contributed by atoms with van der Waals surface area (Å²) in [6, 6.07) is 11.5. The van der Waals surface area contributed by atoms with Gasteiger partial charge < -0.3 is 24.6 Å². The molecular formula is C29H37N3O5. The van der Waals surface area contributed by atoms with Gasteiger partial charge in [-0.1, -0.05) is 12.1 Å². The number of fused-ring (bicyclic) bond motifs is 1. The largest absolute Gasteiger partial charge is 0.508 e. The van der Waals surface area contributed by atoms with Crippen molar-refractivity contribution < 1.29 is 24.1 Å². The van der Waals surface area contributed by atoms with Crippen LogP contribution in [-0.2, 0) is 9.47 Å². The van der Waals surface area contributed by atoms with Crippen LogP contribution in [0, 0.1) is 0 Å². The molecule has 37 heavy (non-hydrogen) atoms. The topological polar surface area (TPSA) is 94.8 Å². The SMILES string of the molecule is CC(C)(C)OC(=O)NC1CCC(Oc2cc(-c3ccc(O)cc3)cc3c2cnn3C2CCCCO2)CC1. The van der Waals surface area contributed by atoms with Crippen LogP contribution in [0.1, 0.15) is 71.9 Å². The molecule has 1 atom stereocenters. The molecule has 1 amide bonds. The first kappa shape index (κ1) is 25.4. The fourth-order valence-corrected chi connectivity index (χ4v) is 5.16. The van der Waals surface area contributed by atoms with Crippen LogP contribution in [0.3, 0.4) is 0 Å². The third kappa shape index (κ3) is 6.18. The van der Waals surface area contributed by atoms with Crippen LogP contribution >= 0.6 is 0 Å². The molecule has 2 aromatic carbocycles. The Morgan fingerprint density at radius 2 is 1.81 bits per heavy atom. The Balaban J connectivity index is 1.36. The molecule has 198 valence electrons. The number of aromatic nitrogens is 2. The second-order valence-corrected chi connectivity index (χ2v) is 11.1. The molecule has 1 aliphatic carbocycles. The van der Waals surface area contributed by atoms with Crippen molar-refractivity contribution in [2.45, 2.75) is 89.7 Å². The number of amides is 1. The van der Waals surface area contributed by atoms with E-state index in [2.05, 4.69) is 17.4 Å². The zero-order valence-corrected chi connectivity index (χ0v) is 21.9. The van der Waals surface area contributed by atoms with Gasteiger partial charge in [-0.3, -0.25) is 0 Å². The number of hydrogen-bond donors (Lipinski definition) is 2. The van der Waals surface area contributed by atoms with Gasteiger partial charge in [-0.15, -0.1) is 0 Å². The number of benzene rings is 2. The standard InChI is InChI=1S/C29H37N3O5/c1-29(2,3)37-28(34)31-21-9-13-23(14-10-21)36-26-17-20(19-7-11-22(33)12-8-19)16-25-24(26)18-30-32(25)27-6-4-5-15-35-27/h7-8,11-12,16-18,21,23,27,33H,4-6,9-10,13-15H2,1-3H3,(H,31,34). The van der Waals surface area contributed by atoms with Crippen LogP contribution in [0.4, 0.5) is 4.79 Å². The van der Waals surface area contributed by atoms with Gasteiger partial charge in [0, 0.05) is 12.6 Å². The second kappa shape index (κ2) is 10.6. The molecule has 8 nitrogen and oxygen atoms in total. The first-order valence-corrected chi connectivity index (χ1v) is 13.3. The summed E-state index contributed by atoms with van der Waals surface area (Å²) in [6.45, 7) is 6.35. The minimum atomic E-state index is -0.509. The molecule has 5 rings (SSSR count). The third-order valence-electron chi connectivity index (χ3n) is 7.00. The lowest BCUT2D eigenvalue weighted by Crippen LogP contribution is -2.42. The molecule has 2 N–H and O–H groups in total. The molecule has 0 bridgehead atoms. The van der Waals surface area contributed by atoms with E-state index in [-0.39, 0.29) is 30.2 Å². The molecule has 2 heterocycles. The average molecular weight is 508 g/mol. The predicted molar refractivity (Wildman–Crippen MR) is 142 cm³/mol. The summed E-state index contributed by atoms with van der Waals surface area (Å²) in [4.78, 5) is 12.2. The van der Waals surface area contributed by atoms with E-state index in [0.29, 0.717) is 0 Å². The highest BCUT2D eigenvalue weighted by Gasteiger charge is 2.27. The summed E-state index contributed by atoms with van der Waals surface area (Å²) >= 11 is 0. The highest BCUT2D eigenvalue weighted by Crippen LogP contribution is 2.37.